The molecule has 0 aliphatic rings. The molecule has 0 unspecified atom stereocenters. The minimum atomic E-state index is -0.783. The van der Waals surface area contributed by atoms with Crippen LogP contribution in [-0.2, 0) is 14.3 Å². The van der Waals surface area contributed by atoms with Gasteiger partial charge in [0.25, 0.3) is 11.8 Å². The number of hydrogen-bond acceptors (Lipinski definition) is 5. The van der Waals surface area contributed by atoms with Crippen molar-refractivity contribution in [2.75, 3.05) is 20.2 Å². The Balaban J connectivity index is 2.38. The average molecular weight is 321 g/mol. The van der Waals surface area contributed by atoms with Crippen LogP contribution >= 0.6 is 0 Å². The van der Waals surface area contributed by atoms with Gasteiger partial charge < -0.3 is 15.4 Å². The monoisotopic (exact) mass is 321 g/mol. The number of urea groups is 1. The van der Waals surface area contributed by atoms with Crippen molar-refractivity contribution < 1.29 is 23.9 Å². The molecule has 1 aromatic rings. The Morgan fingerprint density at radius 2 is 1.78 bits per heavy atom. The predicted molar refractivity (Wildman–Crippen MR) is 81.8 cm³/mol. The summed E-state index contributed by atoms with van der Waals surface area (Å²) in [5, 5.41) is 6.51. The van der Waals surface area contributed by atoms with Crippen molar-refractivity contribution in [3.8, 4) is 0 Å². The van der Waals surface area contributed by atoms with E-state index in [9.17, 15) is 19.2 Å². The van der Waals surface area contributed by atoms with E-state index in [2.05, 4.69) is 15.4 Å². The van der Waals surface area contributed by atoms with E-state index in [4.69, 9.17) is 0 Å². The minimum absolute atomic E-state index is 0.376. The smallest absolute Gasteiger partial charge is 0.325 e. The van der Waals surface area contributed by atoms with Crippen LogP contribution in [0.3, 0.4) is 0 Å². The molecule has 0 aliphatic heterocycles. The molecule has 8 nitrogen and oxygen atoms in total. The number of carbonyl (C=O) groups is 4. The summed E-state index contributed by atoms with van der Waals surface area (Å²) < 4.78 is 4.63. The molecule has 0 fully saturated rings. The zero-order valence-corrected chi connectivity index (χ0v) is 13.2. The number of amides is 4. The summed E-state index contributed by atoms with van der Waals surface area (Å²) in [5.41, 5.74) is 2.45. The number of carbonyl (C=O) groups excluding carboxylic acids is 4. The number of ether oxygens (including phenoxy) is 1. The Bertz CT molecular complexity index is 628. The first kappa shape index (κ1) is 18.1. The maximum atomic E-state index is 11.9. The molecule has 0 aromatic heterocycles. The molecule has 1 aromatic carbocycles. The highest BCUT2D eigenvalue weighted by Gasteiger charge is 2.12. The molecule has 23 heavy (non-hydrogen) atoms. The highest BCUT2D eigenvalue weighted by Crippen LogP contribution is 2.09. The highest BCUT2D eigenvalue weighted by atomic mass is 16.5. The molecule has 0 spiro atoms. The van der Waals surface area contributed by atoms with Crippen LogP contribution in [-0.4, -0.2) is 44.0 Å². The Hall–Kier alpha value is -2.90. The van der Waals surface area contributed by atoms with Gasteiger partial charge in [-0.15, -0.1) is 0 Å². The Morgan fingerprint density at radius 1 is 1.09 bits per heavy atom. The molecule has 0 radical (unpaired) electrons. The predicted octanol–water partition coefficient (Wildman–Crippen LogP) is 0.0320. The van der Waals surface area contributed by atoms with Crippen molar-refractivity contribution in [1.82, 2.24) is 16.0 Å². The standard InChI is InChI=1S/C15H19N3O5/c1-9-4-5-11(6-10(9)2)14(21)17-7-13(20)23-8-12(19)18-15(22)16-3/h4-6H,7-8H2,1-3H3,(H,17,21)(H2,16,18,19,22). The van der Waals surface area contributed by atoms with E-state index in [1.54, 1.807) is 12.1 Å². The summed E-state index contributed by atoms with van der Waals surface area (Å²) in [4.78, 5) is 45.4. The molecule has 124 valence electrons. The summed E-state index contributed by atoms with van der Waals surface area (Å²) in [7, 11) is 1.34. The van der Waals surface area contributed by atoms with Gasteiger partial charge in [-0.2, -0.15) is 0 Å². The first-order chi connectivity index (χ1) is 10.8. The lowest BCUT2D eigenvalue weighted by Crippen LogP contribution is -2.40. The van der Waals surface area contributed by atoms with Crippen molar-refractivity contribution in [1.29, 1.82) is 0 Å². The van der Waals surface area contributed by atoms with Crippen molar-refractivity contribution in [2.24, 2.45) is 0 Å². The van der Waals surface area contributed by atoms with Gasteiger partial charge in [0, 0.05) is 12.6 Å². The molecule has 4 amide bonds. The maximum Gasteiger partial charge on any atom is 0.325 e. The van der Waals surface area contributed by atoms with Crippen molar-refractivity contribution in [3.63, 3.8) is 0 Å². The van der Waals surface area contributed by atoms with Crippen LogP contribution in [0.15, 0.2) is 18.2 Å². The number of nitrogens with one attached hydrogen (secondary N) is 3. The van der Waals surface area contributed by atoms with Crippen LogP contribution in [0.1, 0.15) is 21.5 Å². The zero-order valence-electron chi connectivity index (χ0n) is 13.2. The number of benzene rings is 1. The summed E-state index contributed by atoms with van der Waals surface area (Å²) in [6, 6.07) is 4.48. The van der Waals surface area contributed by atoms with Crippen LogP contribution in [0.25, 0.3) is 0 Å². The number of imide groups is 1. The molecule has 0 bridgehead atoms. The second kappa shape index (κ2) is 8.52. The van der Waals surface area contributed by atoms with Gasteiger partial charge in [-0.25, -0.2) is 4.79 Å². The van der Waals surface area contributed by atoms with Gasteiger partial charge >= 0.3 is 12.0 Å². The van der Waals surface area contributed by atoms with Gasteiger partial charge in [-0.3, -0.25) is 19.7 Å². The fourth-order valence-corrected chi connectivity index (χ4v) is 1.56. The molecular weight excluding hydrogens is 302 g/mol. The first-order valence-corrected chi connectivity index (χ1v) is 6.86. The fourth-order valence-electron chi connectivity index (χ4n) is 1.56. The second-order valence-electron chi connectivity index (χ2n) is 4.77. The van der Waals surface area contributed by atoms with Crippen LogP contribution in [0, 0.1) is 13.8 Å². The Kier molecular flexibility index (Phi) is 6.72. The average Bonchev–Trinajstić information content (AvgIpc) is 2.52. The summed E-state index contributed by atoms with van der Waals surface area (Å²) in [5.74, 6) is -1.97. The van der Waals surface area contributed by atoms with E-state index in [1.165, 1.54) is 7.05 Å². The van der Waals surface area contributed by atoms with E-state index < -0.39 is 30.4 Å². The van der Waals surface area contributed by atoms with E-state index in [-0.39, 0.29) is 6.54 Å². The topological polar surface area (TPSA) is 114 Å². The van der Waals surface area contributed by atoms with E-state index in [1.807, 2.05) is 25.2 Å². The lowest BCUT2D eigenvalue weighted by atomic mass is 10.1. The Labute approximate surface area is 133 Å². The highest BCUT2D eigenvalue weighted by molar-refractivity contribution is 5.97. The Morgan fingerprint density at radius 3 is 2.39 bits per heavy atom. The van der Waals surface area contributed by atoms with Gasteiger partial charge in [-0.05, 0) is 37.1 Å². The van der Waals surface area contributed by atoms with Gasteiger partial charge in [-0.1, -0.05) is 6.07 Å². The van der Waals surface area contributed by atoms with Crippen LogP contribution in [0.4, 0.5) is 4.79 Å². The quantitative estimate of drug-likeness (QED) is 0.662. The van der Waals surface area contributed by atoms with Gasteiger partial charge in [0.05, 0.1) is 0 Å². The minimum Gasteiger partial charge on any atom is -0.454 e. The molecule has 0 saturated heterocycles. The lowest BCUT2D eigenvalue weighted by molar-refractivity contribution is -0.147. The van der Waals surface area contributed by atoms with Crippen molar-refractivity contribution >= 4 is 23.8 Å². The molecule has 0 aliphatic carbocycles. The summed E-state index contributed by atoms with van der Waals surface area (Å²) >= 11 is 0. The molecule has 0 saturated carbocycles. The summed E-state index contributed by atoms with van der Waals surface area (Å²) in [6.07, 6.45) is 0. The first-order valence-electron chi connectivity index (χ1n) is 6.86. The zero-order chi connectivity index (χ0) is 17.4. The lowest BCUT2D eigenvalue weighted by Gasteiger charge is -2.08. The van der Waals surface area contributed by atoms with Gasteiger partial charge in [0.2, 0.25) is 0 Å². The largest absolute Gasteiger partial charge is 0.454 e. The van der Waals surface area contributed by atoms with Crippen LogP contribution in [0.2, 0.25) is 0 Å². The normalized spacial score (nSPS) is 9.70. The fraction of sp³-hybridized carbons (Fsp3) is 0.333. The van der Waals surface area contributed by atoms with E-state index in [0.717, 1.165) is 11.1 Å². The molecule has 0 atom stereocenters. The second-order valence-corrected chi connectivity index (χ2v) is 4.77. The van der Waals surface area contributed by atoms with Crippen molar-refractivity contribution in [2.45, 2.75) is 13.8 Å². The van der Waals surface area contributed by atoms with Crippen LogP contribution in [0.5, 0.6) is 0 Å². The molecular formula is C15H19N3O5. The van der Waals surface area contributed by atoms with Gasteiger partial charge in [0.1, 0.15) is 6.54 Å². The SMILES string of the molecule is CNC(=O)NC(=O)COC(=O)CNC(=O)c1ccc(C)c(C)c1. The third-order valence-electron chi connectivity index (χ3n) is 3.01. The van der Waals surface area contributed by atoms with Gasteiger partial charge in [0.15, 0.2) is 6.61 Å². The van der Waals surface area contributed by atoms with Crippen molar-refractivity contribution in [3.05, 3.63) is 34.9 Å². The number of rotatable bonds is 5. The third-order valence-corrected chi connectivity index (χ3v) is 3.01. The molecule has 3 N–H and O–H groups in total. The number of aryl methyl sites for hydroxylation is 2. The van der Waals surface area contributed by atoms with E-state index in [0.29, 0.717) is 5.56 Å². The third kappa shape index (κ3) is 6.16. The summed E-state index contributed by atoms with van der Waals surface area (Å²) in [6.45, 7) is 2.83. The molecule has 1 rings (SSSR count). The van der Waals surface area contributed by atoms with E-state index >= 15 is 0 Å². The molecule has 0 heterocycles. The van der Waals surface area contributed by atoms with Crippen LogP contribution < -0.4 is 16.0 Å². The number of hydrogen-bond donors (Lipinski definition) is 3. The maximum absolute atomic E-state index is 11.9. The molecule has 8 heteroatoms. The number of esters is 1.